The fourth-order valence-electron chi connectivity index (χ4n) is 1.25. The number of hydrogen-bond acceptors (Lipinski definition) is 1. The Balaban J connectivity index is 0.000000371. The van der Waals surface area contributed by atoms with E-state index in [4.69, 9.17) is 5.11 Å². The van der Waals surface area contributed by atoms with Crippen molar-refractivity contribution in [1.29, 1.82) is 0 Å². The fraction of sp³-hybridized carbons (Fsp3) is 1.00. The molecule has 1 fully saturated rings. The van der Waals surface area contributed by atoms with Crippen LogP contribution in [0, 0.1) is 0 Å². The number of quaternary nitrogens is 1. The van der Waals surface area contributed by atoms with Crippen LogP contribution in [0.2, 0.25) is 0 Å². The highest BCUT2D eigenvalue weighted by Gasteiger charge is 2.18. The number of nitrogens with one attached hydrogen (secondary N) is 1. The zero-order valence-electron chi connectivity index (χ0n) is 6.73. The maximum atomic E-state index is 9.02. The van der Waals surface area contributed by atoms with Crippen LogP contribution >= 0.6 is 22.6 Å². The van der Waals surface area contributed by atoms with Gasteiger partial charge in [0.1, 0.15) is 0 Å². The van der Waals surface area contributed by atoms with Crippen LogP contribution in [-0.4, -0.2) is 29.4 Å². The summed E-state index contributed by atoms with van der Waals surface area (Å²) < 4.78 is 0. The number of alkyl halides is 1. The molecule has 2 nitrogen and oxygen atoms in total. The zero-order valence-corrected chi connectivity index (χ0v) is 8.89. The van der Waals surface area contributed by atoms with Gasteiger partial charge in [-0.25, -0.2) is 0 Å². The van der Waals surface area contributed by atoms with Gasteiger partial charge in [0, 0.05) is 19.8 Å². The summed E-state index contributed by atoms with van der Waals surface area (Å²) in [6.45, 7) is 4.19. The first kappa shape index (κ1) is 10.7. The van der Waals surface area contributed by atoms with Crippen molar-refractivity contribution in [3.05, 3.63) is 0 Å². The molecule has 1 atom stereocenters. The van der Waals surface area contributed by atoms with Crippen molar-refractivity contribution in [2.24, 2.45) is 0 Å². The molecule has 1 aliphatic rings. The molecule has 0 aromatic heterocycles. The highest BCUT2D eigenvalue weighted by Crippen LogP contribution is 1.88. The molecule has 1 heterocycles. The van der Waals surface area contributed by atoms with Crippen LogP contribution in [0.1, 0.15) is 19.8 Å². The van der Waals surface area contributed by atoms with Crippen LogP contribution in [-0.2, 0) is 0 Å². The molecule has 62 valence electrons. The monoisotopic (exact) mass is 258 g/mol. The Morgan fingerprint density at radius 1 is 1.30 bits per heavy atom. The molecule has 0 amide bonds. The summed E-state index contributed by atoms with van der Waals surface area (Å²) in [5.74, 6) is 0. The van der Waals surface area contributed by atoms with Crippen LogP contribution in [0.3, 0.4) is 0 Å². The topological polar surface area (TPSA) is 24.7 Å². The minimum Gasteiger partial charge on any atom is -0.345 e. The van der Waals surface area contributed by atoms with E-state index in [9.17, 15) is 0 Å². The maximum Gasteiger partial charge on any atom is 0.186 e. The summed E-state index contributed by atoms with van der Waals surface area (Å²) in [7, 11) is 0. The second kappa shape index (κ2) is 6.37. The van der Waals surface area contributed by atoms with Gasteiger partial charge in [-0.05, 0) is 4.93 Å². The molecular formula is C7H17INO+. The molecule has 0 bridgehead atoms. The quantitative estimate of drug-likeness (QED) is 0.504. The average molecular weight is 258 g/mol. The highest BCUT2D eigenvalue weighted by atomic mass is 127. The van der Waals surface area contributed by atoms with E-state index < -0.39 is 0 Å². The van der Waals surface area contributed by atoms with Gasteiger partial charge in [0.2, 0.25) is 0 Å². The Bertz CT molecular complexity index is 72.0. The van der Waals surface area contributed by atoms with Gasteiger partial charge in [-0.2, -0.15) is 0 Å². The third-order valence-electron chi connectivity index (χ3n) is 1.84. The van der Waals surface area contributed by atoms with Gasteiger partial charge in [0.05, 0.1) is 13.1 Å². The third kappa shape index (κ3) is 3.73. The molecule has 0 aromatic rings. The number of halogens is 1. The van der Waals surface area contributed by atoms with Crippen molar-refractivity contribution < 1.29 is 10.0 Å². The van der Waals surface area contributed by atoms with Gasteiger partial charge in [0.15, 0.2) is 6.23 Å². The molecular weight excluding hydrogens is 241 g/mol. The van der Waals surface area contributed by atoms with E-state index in [1.54, 1.807) is 0 Å². The normalized spacial score (nSPS) is 21.6. The number of hydrogen-bond donors (Lipinski definition) is 2. The van der Waals surface area contributed by atoms with Crippen molar-refractivity contribution >= 4 is 22.6 Å². The maximum absolute atomic E-state index is 9.02. The predicted molar refractivity (Wildman–Crippen MR) is 51.6 cm³/mol. The molecule has 2 N–H and O–H groups in total. The summed E-state index contributed by atoms with van der Waals surface area (Å²) >= 11 is 2.15. The Morgan fingerprint density at radius 3 is 1.90 bits per heavy atom. The number of rotatable bonds is 1. The lowest BCUT2D eigenvalue weighted by Gasteiger charge is -2.13. The summed E-state index contributed by atoms with van der Waals surface area (Å²) in [6.07, 6.45) is 2.44. The van der Waals surface area contributed by atoms with E-state index in [0.29, 0.717) is 0 Å². The van der Waals surface area contributed by atoms with E-state index in [-0.39, 0.29) is 6.23 Å². The lowest BCUT2D eigenvalue weighted by molar-refractivity contribution is -0.933. The standard InChI is InChI=1S/C6H13NO.CH3I/c1-6(8)7-4-2-3-5-7;1-2/h6,8H,2-5H2,1H3;1H3/p+1. The molecule has 0 saturated carbocycles. The number of aliphatic hydroxyl groups excluding tert-OH is 1. The van der Waals surface area contributed by atoms with E-state index in [0.717, 1.165) is 13.1 Å². The van der Waals surface area contributed by atoms with Crippen LogP contribution < -0.4 is 4.90 Å². The highest BCUT2D eigenvalue weighted by molar-refractivity contribution is 14.1. The summed E-state index contributed by atoms with van der Waals surface area (Å²) in [5, 5.41) is 9.02. The fourth-order valence-corrected chi connectivity index (χ4v) is 1.25. The Morgan fingerprint density at radius 2 is 1.70 bits per heavy atom. The van der Waals surface area contributed by atoms with E-state index in [1.807, 2.05) is 11.9 Å². The first-order chi connectivity index (χ1) is 4.80. The molecule has 0 aromatic carbocycles. The predicted octanol–water partition coefficient (Wildman–Crippen LogP) is 0.0546. The minimum absolute atomic E-state index is 0.141. The van der Waals surface area contributed by atoms with Crippen LogP contribution in [0.5, 0.6) is 0 Å². The van der Waals surface area contributed by atoms with E-state index in [1.165, 1.54) is 17.7 Å². The second-order valence-corrected chi connectivity index (χ2v) is 2.54. The number of aliphatic hydroxyl groups is 1. The molecule has 0 spiro atoms. The van der Waals surface area contributed by atoms with Crippen molar-refractivity contribution in [1.82, 2.24) is 0 Å². The summed E-state index contributed by atoms with van der Waals surface area (Å²) in [4.78, 5) is 3.32. The molecule has 3 heteroatoms. The van der Waals surface area contributed by atoms with Crippen molar-refractivity contribution in [2.75, 3.05) is 18.0 Å². The minimum atomic E-state index is -0.141. The molecule has 10 heavy (non-hydrogen) atoms. The van der Waals surface area contributed by atoms with E-state index in [2.05, 4.69) is 22.6 Å². The van der Waals surface area contributed by atoms with Gasteiger partial charge in [0.25, 0.3) is 0 Å². The SMILES string of the molecule is CC(O)[NH+]1CCCC1.CI. The molecule has 1 aliphatic heterocycles. The molecule has 0 radical (unpaired) electrons. The van der Waals surface area contributed by atoms with Crippen LogP contribution in [0.4, 0.5) is 0 Å². The first-order valence-electron chi connectivity index (χ1n) is 3.71. The van der Waals surface area contributed by atoms with Crippen molar-refractivity contribution in [2.45, 2.75) is 26.0 Å². The lowest BCUT2D eigenvalue weighted by Crippen LogP contribution is -3.13. The molecule has 1 unspecified atom stereocenters. The van der Waals surface area contributed by atoms with Crippen molar-refractivity contribution in [3.63, 3.8) is 0 Å². The molecule has 1 saturated heterocycles. The summed E-state index contributed by atoms with van der Waals surface area (Å²) in [6, 6.07) is 0. The molecule has 0 aliphatic carbocycles. The lowest BCUT2D eigenvalue weighted by atomic mass is 10.4. The van der Waals surface area contributed by atoms with Crippen molar-refractivity contribution in [3.8, 4) is 0 Å². The Labute approximate surface area is 76.7 Å². The number of likely N-dealkylation sites (tertiary alicyclic amines) is 1. The van der Waals surface area contributed by atoms with Crippen LogP contribution in [0.15, 0.2) is 0 Å². The summed E-state index contributed by atoms with van der Waals surface area (Å²) in [5.41, 5.74) is 0. The Hall–Kier alpha value is 0.650. The van der Waals surface area contributed by atoms with Gasteiger partial charge in [-0.15, -0.1) is 0 Å². The van der Waals surface area contributed by atoms with Gasteiger partial charge >= 0.3 is 0 Å². The zero-order chi connectivity index (χ0) is 7.98. The smallest absolute Gasteiger partial charge is 0.186 e. The Kier molecular flexibility index (Phi) is 6.78. The van der Waals surface area contributed by atoms with Gasteiger partial charge < -0.3 is 10.0 Å². The second-order valence-electron chi connectivity index (χ2n) is 2.54. The largest absolute Gasteiger partial charge is 0.345 e. The van der Waals surface area contributed by atoms with Crippen LogP contribution in [0.25, 0.3) is 0 Å². The van der Waals surface area contributed by atoms with E-state index >= 15 is 0 Å². The average Bonchev–Trinajstić information content (AvgIpc) is 2.42. The molecule has 1 rings (SSSR count). The van der Waals surface area contributed by atoms with Gasteiger partial charge in [-0.1, -0.05) is 22.6 Å². The third-order valence-corrected chi connectivity index (χ3v) is 1.84. The first-order valence-corrected chi connectivity index (χ1v) is 5.87. The van der Waals surface area contributed by atoms with Gasteiger partial charge in [-0.3, -0.25) is 0 Å².